The first-order valence-corrected chi connectivity index (χ1v) is 14.4. The first-order valence-electron chi connectivity index (χ1n) is 11.7. The van der Waals surface area contributed by atoms with Crippen LogP contribution in [0.4, 0.5) is 5.00 Å². The van der Waals surface area contributed by atoms with Crippen molar-refractivity contribution in [1.29, 1.82) is 0 Å². The van der Waals surface area contributed by atoms with E-state index in [0.29, 0.717) is 28.7 Å². The lowest BCUT2D eigenvalue weighted by atomic mass is 9.88. The number of amides is 2. The Morgan fingerprint density at radius 2 is 1.97 bits per heavy atom. The van der Waals surface area contributed by atoms with E-state index in [2.05, 4.69) is 17.6 Å². The highest BCUT2D eigenvalue weighted by Gasteiger charge is 2.33. The van der Waals surface area contributed by atoms with Crippen LogP contribution in [0.5, 0.6) is 5.75 Å². The maximum absolute atomic E-state index is 13.3. The Hall–Kier alpha value is -2.39. The first kappa shape index (κ1) is 24.7. The molecule has 2 N–H and O–H groups in total. The van der Waals surface area contributed by atoms with Gasteiger partial charge in [-0.1, -0.05) is 19.1 Å². The molecule has 2 heterocycles. The van der Waals surface area contributed by atoms with Crippen LogP contribution in [0, 0.1) is 19.8 Å². The number of rotatable bonds is 6. The molecule has 1 aromatic heterocycles. The van der Waals surface area contributed by atoms with Gasteiger partial charge in [0.2, 0.25) is 0 Å². The molecule has 7 nitrogen and oxygen atoms in total. The lowest BCUT2D eigenvalue weighted by Crippen LogP contribution is -2.37. The molecule has 2 aliphatic rings. The van der Waals surface area contributed by atoms with Crippen LogP contribution in [-0.4, -0.2) is 43.9 Å². The number of carbonyl (C=O) groups excluding carboxylic acids is 2. The fraction of sp³-hybridized carbons (Fsp3) is 0.520. The third-order valence-corrected chi connectivity index (χ3v) is 9.71. The average Bonchev–Trinajstić information content (AvgIpc) is 3.29. The quantitative estimate of drug-likeness (QED) is 0.623. The third kappa shape index (κ3) is 5.30. The number of sulfone groups is 1. The highest BCUT2D eigenvalue weighted by molar-refractivity contribution is 7.91. The van der Waals surface area contributed by atoms with Crippen molar-refractivity contribution in [2.24, 2.45) is 5.92 Å². The fourth-order valence-electron chi connectivity index (χ4n) is 4.55. The second-order valence-corrected chi connectivity index (χ2v) is 12.9. The predicted molar refractivity (Wildman–Crippen MR) is 135 cm³/mol. The van der Waals surface area contributed by atoms with Crippen molar-refractivity contribution < 1.29 is 22.7 Å². The smallest absolute Gasteiger partial charge is 0.265 e. The Morgan fingerprint density at radius 1 is 1.21 bits per heavy atom. The topological polar surface area (TPSA) is 102 Å². The zero-order chi connectivity index (χ0) is 24.6. The van der Waals surface area contributed by atoms with Crippen molar-refractivity contribution in [2.45, 2.75) is 65.5 Å². The molecule has 1 saturated heterocycles. The summed E-state index contributed by atoms with van der Waals surface area (Å²) in [6.07, 6.45) is 2.27. The first-order chi connectivity index (χ1) is 16.0. The molecule has 1 aliphatic heterocycles. The van der Waals surface area contributed by atoms with Gasteiger partial charge in [0.1, 0.15) is 10.8 Å². The van der Waals surface area contributed by atoms with E-state index in [9.17, 15) is 18.0 Å². The lowest BCUT2D eigenvalue weighted by molar-refractivity contribution is -0.122. The van der Waals surface area contributed by atoms with Crippen LogP contribution >= 0.6 is 11.3 Å². The van der Waals surface area contributed by atoms with E-state index in [0.717, 1.165) is 40.8 Å². The van der Waals surface area contributed by atoms with Gasteiger partial charge in [0.25, 0.3) is 11.8 Å². The summed E-state index contributed by atoms with van der Waals surface area (Å²) >= 11 is 1.44. The molecule has 1 aromatic carbocycles. The molecule has 0 spiro atoms. The van der Waals surface area contributed by atoms with E-state index in [1.54, 1.807) is 6.92 Å². The molecule has 3 atom stereocenters. The predicted octanol–water partition coefficient (Wildman–Crippen LogP) is 3.81. The van der Waals surface area contributed by atoms with Crippen LogP contribution in [0.3, 0.4) is 0 Å². The van der Waals surface area contributed by atoms with Gasteiger partial charge in [-0.25, -0.2) is 8.42 Å². The van der Waals surface area contributed by atoms with E-state index in [1.807, 2.05) is 32.0 Å². The number of hydrogen-bond acceptors (Lipinski definition) is 6. The van der Waals surface area contributed by atoms with Crippen molar-refractivity contribution in [3.05, 3.63) is 45.3 Å². The van der Waals surface area contributed by atoms with Crippen LogP contribution in [-0.2, 0) is 27.5 Å². The molecule has 1 fully saturated rings. The van der Waals surface area contributed by atoms with Crippen molar-refractivity contribution in [3.8, 4) is 5.75 Å². The molecule has 3 unspecified atom stereocenters. The standard InChI is InChI=1S/C25H32N2O5S2/c1-14-8-9-19-21(12-14)33-25(22(19)24(29)26-18-10-11-34(30,31)13-18)27-23(28)17(4)32-20-7-5-6-15(2)16(20)3/h5-7,14,17-18H,8-13H2,1-4H3,(H,26,29)(H,27,28). The minimum Gasteiger partial charge on any atom is -0.481 e. The fourth-order valence-corrected chi connectivity index (χ4v) is 7.64. The summed E-state index contributed by atoms with van der Waals surface area (Å²) in [6.45, 7) is 7.82. The summed E-state index contributed by atoms with van der Waals surface area (Å²) in [5.74, 6) is 0.579. The molecule has 0 radical (unpaired) electrons. The molecule has 0 saturated carbocycles. The van der Waals surface area contributed by atoms with E-state index in [1.165, 1.54) is 11.3 Å². The summed E-state index contributed by atoms with van der Waals surface area (Å²) < 4.78 is 29.6. The van der Waals surface area contributed by atoms with Gasteiger partial charge in [0.05, 0.1) is 17.1 Å². The second kappa shape index (κ2) is 9.70. The van der Waals surface area contributed by atoms with Crippen LogP contribution in [0.25, 0.3) is 0 Å². The number of fused-ring (bicyclic) bond motifs is 1. The number of nitrogens with one attached hydrogen (secondary N) is 2. The molecule has 184 valence electrons. The number of hydrogen-bond donors (Lipinski definition) is 2. The van der Waals surface area contributed by atoms with Gasteiger partial charge in [-0.15, -0.1) is 11.3 Å². The lowest BCUT2D eigenvalue weighted by Gasteiger charge is -2.19. The van der Waals surface area contributed by atoms with Crippen LogP contribution in [0.1, 0.15) is 58.6 Å². The van der Waals surface area contributed by atoms with Crippen molar-refractivity contribution >= 4 is 38.0 Å². The molecule has 34 heavy (non-hydrogen) atoms. The van der Waals surface area contributed by atoms with E-state index >= 15 is 0 Å². The highest BCUT2D eigenvalue weighted by atomic mass is 32.2. The zero-order valence-corrected chi connectivity index (χ0v) is 21.7. The number of carbonyl (C=O) groups is 2. The van der Waals surface area contributed by atoms with Crippen LogP contribution < -0.4 is 15.4 Å². The minimum atomic E-state index is -3.11. The third-order valence-electron chi connectivity index (χ3n) is 6.77. The summed E-state index contributed by atoms with van der Waals surface area (Å²) in [6, 6.07) is 5.32. The van der Waals surface area contributed by atoms with Gasteiger partial charge < -0.3 is 15.4 Å². The summed E-state index contributed by atoms with van der Waals surface area (Å²) in [5, 5.41) is 6.35. The number of benzene rings is 1. The molecule has 4 rings (SSSR count). The maximum Gasteiger partial charge on any atom is 0.265 e. The maximum atomic E-state index is 13.3. The Labute approximate surface area is 205 Å². The number of ether oxygens (including phenoxy) is 1. The van der Waals surface area contributed by atoms with E-state index in [-0.39, 0.29) is 23.3 Å². The van der Waals surface area contributed by atoms with Gasteiger partial charge in [-0.2, -0.15) is 0 Å². The number of anilines is 1. The molecular formula is C25H32N2O5S2. The summed E-state index contributed by atoms with van der Waals surface area (Å²) in [7, 11) is -3.11. The van der Waals surface area contributed by atoms with Gasteiger partial charge in [-0.05, 0) is 75.1 Å². The SMILES string of the molecule is Cc1cccc(OC(C)C(=O)Nc2sc3c(c2C(=O)NC2CCS(=O)(=O)C2)CCC(C)C3)c1C. The van der Waals surface area contributed by atoms with E-state index in [4.69, 9.17) is 4.74 Å². The largest absolute Gasteiger partial charge is 0.481 e. The highest BCUT2D eigenvalue weighted by Crippen LogP contribution is 2.40. The number of thiophene rings is 1. The average molecular weight is 505 g/mol. The Kier molecular flexibility index (Phi) is 7.05. The molecule has 9 heteroatoms. The Balaban J connectivity index is 1.55. The minimum absolute atomic E-state index is 0.0372. The van der Waals surface area contributed by atoms with Gasteiger partial charge in [0, 0.05) is 10.9 Å². The van der Waals surface area contributed by atoms with Crippen LogP contribution in [0.15, 0.2) is 18.2 Å². The zero-order valence-electron chi connectivity index (χ0n) is 20.1. The molecule has 2 aromatic rings. The molecular weight excluding hydrogens is 472 g/mol. The Bertz CT molecular complexity index is 1220. The second-order valence-electron chi connectivity index (χ2n) is 9.58. The van der Waals surface area contributed by atoms with E-state index < -0.39 is 22.0 Å². The molecule has 2 amide bonds. The summed E-state index contributed by atoms with van der Waals surface area (Å²) in [5.41, 5.74) is 3.51. The van der Waals surface area contributed by atoms with Gasteiger partial charge in [-0.3, -0.25) is 9.59 Å². The number of aryl methyl sites for hydroxylation is 1. The molecule has 0 bridgehead atoms. The Morgan fingerprint density at radius 3 is 2.68 bits per heavy atom. The van der Waals surface area contributed by atoms with Crippen molar-refractivity contribution in [3.63, 3.8) is 0 Å². The summed E-state index contributed by atoms with van der Waals surface area (Å²) in [4.78, 5) is 27.5. The van der Waals surface area contributed by atoms with Crippen molar-refractivity contribution in [2.75, 3.05) is 16.8 Å². The monoisotopic (exact) mass is 504 g/mol. The molecule has 1 aliphatic carbocycles. The van der Waals surface area contributed by atoms with Crippen molar-refractivity contribution in [1.82, 2.24) is 5.32 Å². The van der Waals surface area contributed by atoms with Gasteiger partial charge in [0.15, 0.2) is 15.9 Å². The normalized spacial score (nSPS) is 22.0. The van der Waals surface area contributed by atoms with Crippen LogP contribution in [0.2, 0.25) is 0 Å². The van der Waals surface area contributed by atoms with Gasteiger partial charge >= 0.3 is 0 Å².